The first-order valence-corrected chi connectivity index (χ1v) is 7.38. The van der Waals surface area contributed by atoms with E-state index in [1.54, 1.807) is 6.07 Å². The number of alkyl halides is 3. The molecule has 2 rings (SSSR count). The predicted octanol–water partition coefficient (Wildman–Crippen LogP) is 4.25. The molecule has 1 atom stereocenters. The molecule has 0 aliphatic carbocycles. The van der Waals surface area contributed by atoms with Crippen LogP contribution < -0.4 is 5.32 Å². The van der Waals surface area contributed by atoms with Gasteiger partial charge in [0.15, 0.2) is 0 Å². The summed E-state index contributed by atoms with van der Waals surface area (Å²) in [5.41, 5.74) is 0. The van der Waals surface area contributed by atoms with Crippen molar-refractivity contribution < 1.29 is 13.2 Å². The molecule has 1 N–H and O–H groups in total. The number of rotatable bonds is 3. The van der Waals surface area contributed by atoms with Gasteiger partial charge in [0, 0.05) is 40.9 Å². The maximum atomic E-state index is 12.7. The van der Waals surface area contributed by atoms with E-state index in [4.69, 9.17) is 0 Å². The molecule has 0 saturated carbocycles. The second-order valence-electron chi connectivity index (χ2n) is 4.29. The van der Waals surface area contributed by atoms with Crippen molar-refractivity contribution in [3.63, 3.8) is 0 Å². The molecule has 0 amide bonds. The van der Waals surface area contributed by atoms with E-state index >= 15 is 0 Å². The maximum Gasteiger partial charge on any atom is 0.390 e. The molecule has 0 unspecified atom stereocenters. The van der Waals surface area contributed by atoms with Crippen molar-refractivity contribution in [2.45, 2.75) is 18.6 Å². The van der Waals surface area contributed by atoms with Gasteiger partial charge in [0.25, 0.3) is 0 Å². The third-order valence-corrected chi connectivity index (χ3v) is 4.73. The van der Waals surface area contributed by atoms with Crippen LogP contribution in [0.25, 0.3) is 0 Å². The molecule has 1 aliphatic rings. The quantitative estimate of drug-likeness (QED) is 0.793. The molecule has 118 valence electrons. The third kappa shape index (κ3) is 6.07. The highest BCUT2D eigenvalue weighted by Gasteiger charge is 2.36. The van der Waals surface area contributed by atoms with Crippen molar-refractivity contribution in [2.24, 2.45) is 0 Å². The second-order valence-corrected chi connectivity index (χ2v) is 6.15. The Morgan fingerprint density at radius 3 is 2.35 bits per heavy atom. The topological polar surface area (TPSA) is 15.3 Å². The van der Waals surface area contributed by atoms with Gasteiger partial charge < -0.3 is 5.32 Å². The van der Waals surface area contributed by atoms with E-state index in [1.807, 2.05) is 10.3 Å². The van der Waals surface area contributed by atoms with Crippen LogP contribution >= 0.6 is 52.1 Å². The summed E-state index contributed by atoms with van der Waals surface area (Å²) in [6, 6.07) is 1.24. The smallest absolute Gasteiger partial charge is 0.314 e. The standard InChI is InChI=1S/C11H14BrF3N2S.2ClH/c12-8-5-10(18-7-8)9(6-11(13,14)15)17-3-1-16-2-4-17;;/h5,7,9,16H,1-4,6H2;2*1H/t9-;;/m0../s1. The van der Waals surface area contributed by atoms with E-state index in [9.17, 15) is 13.2 Å². The van der Waals surface area contributed by atoms with Gasteiger partial charge in [-0.05, 0) is 22.0 Å². The minimum atomic E-state index is -4.13. The van der Waals surface area contributed by atoms with Crippen LogP contribution in [0.3, 0.4) is 0 Å². The van der Waals surface area contributed by atoms with Gasteiger partial charge in [0.1, 0.15) is 0 Å². The van der Waals surface area contributed by atoms with E-state index < -0.39 is 18.6 Å². The molecule has 1 aromatic rings. The van der Waals surface area contributed by atoms with Gasteiger partial charge in [-0.2, -0.15) is 13.2 Å². The molecule has 0 aromatic carbocycles. The predicted molar refractivity (Wildman–Crippen MR) is 84.4 cm³/mol. The molecule has 2 nitrogen and oxygen atoms in total. The zero-order valence-electron chi connectivity index (χ0n) is 10.5. The highest BCUT2D eigenvalue weighted by atomic mass is 79.9. The SMILES string of the molecule is Cl.Cl.FC(F)(F)C[C@@H](c1cc(Br)cs1)N1CCNCC1. The van der Waals surface area contributed by atoms with Crippen molar-refractivity contribution in [3.05, 3.63) is 20.8 Å². The highest BCUT2D eigenvalue weighted by Crippen LogP contribution is 2.37. The Morgan fingerprint density at radius 1 is 1.30 bits per heavy atom. The maximum absolute atomic E-state index is 12.7. The van der Waals surface area contributed by atoms with Crippen LogP contribution in [0.5, 0.6) is 0 Å². The van der Waals surface area contributed by atoms with Crippen LogP contribution in [0, 0.1) is 0 Å². The average Bonchev–Trinajstić information content (AvgIpc) is 2.73. The summed E-state index contributed by atoms with van der Waals surface area (Å²) < 4.78 is 39.0. The molecular weight excluding hydrogens is 400 g/mol. The number of hydrogen-bond acceptors (Lipinski definition) is 3. The number of hydrogen-bond donors (Lipinski definition) is 1. The van der Waals surface area contributed by atoms with Gasteiger partial charge in [-0.25, -0.2) is 0 Å². The summed E-state index contributed by atoms with van der Waals surface area (Å²) >= 11 is 4.69. The van der Waals surface area contributed by atoms with Gasteiger partial charge in [0.05, 0.1) is 12.5 Å². The van der Waals surface area contributed by atoms with Gasteiger partial charge in [-0.1, -0.05) is 0 Å². The summed E-state index contributed by atoms with van der Waals surface area (Å²) in [5, 5.41) is 4.99. The van der Waals surface area contributed by atoms with E-state index in [2.05, 4.69) is 21.2 Å². The molecule has 2 heterocycles. The number of halogens is 6. The average molecular weight is 416 g/mol. The lowest BCUT2D eigenvalue weighted by atomic mass is 10.1. The Hall–Kier alpha value is 0.470. The monoisotopic (exact) mass is 414 g/mol. The lowest BCUT2D eigenvalue weighted by Crippen LogP contribution is -2.45. The van der Waals surface area contributed by atoms with Gasteiger partial charge in [0.2, 0.25) is 0 Å². The molecule has 0 bridgehead atoms. The van der Waals surface area contributed by atoms with Crippen LogP contribution in [0.2, 0.25) is 0 Å². The fourth-order valence-electron chi connectivity index (χ4n) is 2.13. The minimum absolute atomic E-state index is 0. The van der Waals surface area contributed by atoms with Gasteiger partial charge >= 0.3 is 6.18 Å². The lowest BCUT2D eigenvalue weighted by Gasteiger charge is -2.34. The Balaban J connectivity index is 0.00000180. The van der Waals surface area contributed by atoms with E-state index in [-0.39, 0.29) is 24.8 Å². The molecule has 20 heavy (non-hydrogen) atoms. The Labute approximate surface area is 141 Å². The van der Waals surface area contributed by atoms with Crippen molar-refractivity contribution in [1.82, 2.24) is 10.2 Å². The van der Waals surface area contributed by atoms with Crippen LogP contribution in [-0.2, 0) is 0 Å². The molecule has 1 saturated heterocycles. The number of nitrogens with one attached hydrogen (secondary N) is 1. The fourth-order valence-corrected chi connectivity index (χ4v) is 3.71. The second kappa shape index (κ2) is 8.80. The largest absolute Gasteiger partial charge is 0.390 e. The first-order chi connectivity index (χ1) is 8.46. The number of nitrogens with zero attached hydrogens (tertiary/aromatic N) is 1. The Kier molecular flexibility index (Phi) is 9.01. The fraction of sp³-hybridized carbons (Fsp3) is 0.636. The normalized spacial score (nSPS) is 18.0. The highest BCUT2D eigenvalue weighted by molar-refractivity contribution is 9.10. The van der Waals surface area contributed by atoms with E-state index in [0.717, 1.165) is 22.4 Å². The third-order valence-electron chi connectivity index (χ3n) is 2.93. The number of thiophene rings is 1. The van der Waals surface area contributed by atoms with Crippen molar-refractivity contribution >= 4 is 52.1 Å². The molecule has 1 aliphatic heterocycles. The van der Waals surface area contributed by atoms with Gasteiger partial charge in [-0.3, -0.25) is 4.90 Å². The first-order valence-electron chi connectivity index (χ1n) is 5.71. The van der Waals surface area contributed by atoms with Crippen LogP contribution in [0.15, 0.2) is 15.9 Å². The zero-order valence-corrected chi connectivity index (χ0v) is 14.5. The number of piperazine rings is 1. The lowest BCUT2D eigenvalue weighted by molar-refractivity contribution is -0.148. The zero-order chi connectivity index (χ0) is 13.2. The molecule has 0 spiro atoms. The molecular formula is C11H16BrCl2F3N2S. The Bertz CT molecular complexity index is 397. The molecule has 9 heteroatoms. The molecule has 0 radical (unpaired) electrons. The van der Waals surface area contributed by atoms with E-state index in [0.29, 0.717) is 13.1 Å². The van der Waals surface area contributed by atoms with Crippen LogP contribution in [0.1, 0.15) is 17.3 Å². The molecule has 1 fully saturated rings. The summed E-state index contributed by atoms with van der Waals surface area (Å²) in [7, 11) is 0. The summed E-state index contributed by atoms with van der Waals surface area (Å²) in [5.74, 6) is 0. The van der Waals surface area contributed by atoms with Crippen LogP contribution in [0.4, 0.5) is 13.2 Å². The van der Waals surface area contributed by atoms with Crippen LogP contribution in [-0.4, -0.2) is 37.3 Å². The summed E-state index contributed by atoms with van der Waals surface area (Å²) in [4.78, 5) is 2.70. The van der Waals surface area contributed by atoms with E-state index in [1.165, 1.54) is 11.3 Å². The Morgan fingerprint density at radius 2 is 1.90 bits per heavy atom. The first kappa shape index (κ1) is 20.5. The minimum Gasteiger partial charge on any atom is -0.314 e. The summed E-state index contributed by atoms with van der Waals surface area (Å²) in [6.45, 7) is 2.83. The van der Waals surface area contributed by atoms with Gasteiger partial charge in [-0.15, -0.1) is 36.2 Å². The van der Waals surface area contributed by atoms with Crippen molar-refractivity contribution in [1.29, 1.82) is 0 Å². The van der Waals surface area contributed by atoms with Crippen molar-refractivity contribution in [2.75, 3.05) is 26.2 Å². The molecule has 1 aromatic heterocycles. The van der Waals surface area contributed by atoms with Crippen molar-refractivity contribution in [3.8, 4) is 0 Å². The summed E-state index contributed by atoms with van der Waals surface area (Å²) in [6.07, 6.45) is -4.91.